The Balaban J connectivity index is 1.48. The topological polar surface area (TPSA) is 48.6 Å². The molecule has 2 aliphatic heterocycles. The van der Waals surface area contributed by atoms with Gasteiger partial charge in [0.1, 0.15) is 5.82 Å². The Hall–Kier alpha value is -1.83. The molecule has 0 spiro atoms. The minimum absolute atomic E-state index is 0.148. The standard InChI is InChI=1S/C21H27FN4O/c22-19-11-5-4-9-17(19)13-26(14-18-10-6-12-27-18)15-20-21(24-25-23-20)16-7-2-1-3-8-16/h1-5,7-9,11,18,20-21,23-25H,6,10,12-15H2. The number of rotatable bonds is 7. The van der Waals surface area contributed by atoms with Crippen LogP contribution in [0.25, 0.3) is 0 Å². The monoisotopic (exact) mass is 370 g/mol. The highest BCUT2D eigenvalue weighted by molar-refractivity contribution is 5.22. The predicted octanol–water partition coefficient (Wildman–Crippen LogP) is 2.53. The van der Waals surface area contributed by atoms with Crippen molar-refractivity contribution in [3.63, 3.8) is 0 Å². The quantitative estimate of drug-likeness (QED) is 0.699. The molecule has 3 atom stereocenters. The van der Waals surface area contributed by atoms with E-state index in [1.807, 2.05) is 18.2 Å². The Morgan fingerprint density at radius 2 is 1.81 bits per heavy atom. The van der Waals surface area contributed by atoms with Crippen molar-refractivity contribution in [2.24, 2.45) is 0 Å². The van der Waals surface area contributed by atoms with Crippen LogP contribution in [0.5, 0.6) is 0 Å². The van der Waals surface area contributed by atoms with Crippen LogP contribution < -0.4 is 16.4 Å². The van der Waals surface area contributed by atoms with Crippen molar-refractivity contribution < 1.29 is 9.13 Å². The van der Waals surface area contributed by atoms with Gasteiger partial charge in [0.25, 0.3) is 0 Å². The van der Waals surface area contributed by atoms with Gasteiger partial charge in [0.15, 0.2) is 0 Å². The summed E-state index contributed by atoms with van der Waals surface area (Å²) < 4.78 is 20.1. The molecule has 0 saturated carbocycles. The Labute approximate surface area is 159 Å². The van der Waals surface area contributed by atoms with Gasteiger partial charge >= 0.3 is 0 Å². The summed E-state index contributed by atoms with van der Waals surface area (Å²) in [6.07, 6.45) is 2.41. The van der Waals surface area contributed by atoms with Gasteiger partial charge in [-0.1, -0.05) is 48.5 Å². The lowest BCUT2D eigenvalue weighted by Crippen LogP contribution is -2.44. The molecule has 0 aromatic heterocycles. The van der Waals surface area contributed by atoms with Crippen LogP contribution in [0.3, 0.4) is 0 Å². The number of nitrogens with zero attached hydrogens (tertiary/aromatic N) is 1. The van der Waals surface area contributed by atoms with E-state index in [1.165, 1.54) is 11.6 Å². The molecule has 5 nitrogen and oxygen atoms in total. The van der Waals surface area contributed by atoms with Crippen molar-refractivity contribution in [1.29, 1.82) is 0 Å². The molecule has 6 heteroatoms. The third-order valence-corrected chi connectivity index (χ3v) is 5.34. The molecule has 2 aliphatic rings. The average molecular weight is 370 g/mol. The van der Waals surface area contributed by atoms with Crippen LogP contribution in [0, 0.1) is 5.82 Å². The molecule has 3 unspecified atom stereocenters. The van der Waals surface area contributed by atoms with Crippen molar-refractivity contribution >= 4 is 0 Å². The molecule has 0 aliphatic carbocycles. The first-order valence-electron chi connectivity index (χ1n) is 9.68. The lowest BCUT2D eigenvalue weighted by atomic mass is 10.00. The first-order chi connectivity index (χ1) is 13.3. The first-order valence-corrected chi connectivity index (χ1v) is 9.68. The Bertz CT molecular complexity index is 723. The maximum atomic E-state index is 14.2. The fourth-order valence-electron chi connectivity index (χ4n) is 3.95. The van der Waals surface area contributed by atoms with Crippen LogP contribution in [0.1, 0.15) is 30.0 Å². The zero-order valence-corrected chi connectivity index (χ0v) is 15.4. The fourth-order valence-corrected chi connectivity index (χ4v) is 3.95. The summed E-state index contributed by atoms with van der Waals surface area (Å²) in [6.45, 7) is 3.00. The third-order valence-electron chi connectivity index (χ3n) is 5.34. The maximum absolute atomic E-state index is 14.2. The second-order valence-corrected chi connectivity index (χ2v) is 7.33. The molecule has 0 radical (unpaired) electrons. The summed E-state index contributed by atoms with van der Waals surface area (Å²) in [5.41, 5.74) is 11.6. The van der Waals surface area contributed by atoms with E-state index in [9.17, 15) is 4.39 Å². The zero-order valence-electron chi connectivity index (χ0n) is 15.4. The van der Waals surface area contributed by atoms with Gasteiger partial charge in [-0.2, -0.15) is 5.53 Å². The minimum atomic E-state index is -0.148. The number of hydrazine groups is 2. The van der Waals surface area contributed by atoms with Gasteiger partial charge in [0.2, 0.25) is 0 Å². The lowest BCUT2D eigenvalue weighted by Gasteiger charge is -2.30. The Kier molecular flexibility index (Phi) is 6.11. The van der Waals surface area contributed by atoms with Crippen molar-refractivity contribution in [2.45, 2.75) is 37.6 Å². The Morgan fingerprint density at radius 3 is 2.59 bits per heavy atom. The van der Waals surface area contributed by atoms with E-state index in [1.54, 1.807) is 6.07 Å². The molecule has 2 aromatic carbocycles. The summed E-state index contributed by atoms with van der Waals surface area (Å²) >= 11 is 0. The normalized spacial score (nSPS) is 25.3. The highest BCUT2D eigenvalue weighted by Gasteiger charge is 2.31. The van der Waals surface area contributed by atoms with Crippen molar-refractivity contribution in [1.82, 2.24) is 21.3 Å². The molecule has 4 rings (SSSR count). The smallest absolute Gasteiger partial charge is 0.127 e. The Morgan fingerprint density at radius 1 is 1.00 bits per heavy atom. The highest BCUT2D eigenvalue weighted by atomic mass is 19.1. The van der Waals surface area contributed by atoms with E-state index in [0.29, 0.717) is 6.54 Å². The fraction of sp³-hybridized carbons (Fsp3) is 0.429. The summed E-state index contributed by atoms with van der Waals surface area (Å²) in [5.74, 6) is -0.148. The summed E-state index contributed by atoms with van der Waals surface area (Å²) in [4.78, 5) is 2.30. The van der Waals surface area contributed by atoms with E-state index in [-0.39, 0.29) is 24.0 Å². The number of hydrogen-bond donors (Lipinski definition) is 3. The minimum Gasteiger partial charge on any atom is -0.377 e. The van der Waals surface area contributed by atoms with Crippen molar-refractivity contribution in [2.75, 3.05) is 19.7 Å². The molecular weight excluding hydrogens is 343 g/mol. The maximum Gasteiger partial charge on any atom is 0.127 e. The number of nitrogens with one attached hydrogen (secondary N) is 3. The highest BCUT2D eigenvalue weighted by Crippen LogP contribution is 2.22. The van der Waals surface area contributed by atoms with E-state index in [2.05, 4.69) is 45.6 Å². The molecule has 2 saturated heterocycles. The van der Waals surface area contributed by atoms with Crippen LogP contribution in [0.4, 0.5) is 4.39 Å². The van der Waals surface area contributed by atoms with Crippen molar-refractivity contribution in [3.8, 4) is 0 Å². The van der Waals surface area contributed by atoms with E-state index >= 15 is 0 Å². The second-order valence-electron chi connectivity index (χ2n) is 7.33. The first kappa shape index (κ1) is 18.5. The van der Waals surface area contributed by atoms with E-state index in [0.717, 1.165) is 38.1 Å². The number of hydrogen-bond acceptors (Lipinski definition) is 5. The van der Waals surface area contributed by atoms with Gasteiger partial charge in [-0.3, -0.25) is 4.90 Å². The molecular formula is C21H27FN4O. The second kappa shape index (κ2) is 8.91. The van der Waals surface area contributed by atoms with Crippen LogP contribution in [0.15, 0.2) is 54.6 Å². The molecule has 2 aromatic rings. The van der Waals surface area contributed by atoms with Crippen LogP contribution in [-0.4, -0.2) is 36.7 Å². The molecule has 2 heterocycles. The van der Waals surface area contributed by atoms with Gasteiger partial charge in [0, 0.05) is 31.8 Å². The van der Waals surface area contributed by atoms with E-state index < -0.39 is 0 Å². The van der Waals surface area contributed by atoms with Gasteiger partial charge in [0.05, 0.1) is 18.2 Å². The SMILES string of the molecule is Fc1ccccc1CN(CC1CCCO1)CC1NNNC1c1ccccc1. The number of ether oxygens (including phenoxy) is 1. The average Bonchev–Trinajstić information content (AvgIpc) is 3.36. The van der Waals surface area contributed by atoms with Crippen LogP contribution in [-0.2, 0) is 11.3 Å². The molecule has 27 heavy (non-hydrogen) atoms. The number of benzene rings is 2. The predicted molar refractivity (Wildman–Crippen MR) is 103 cm³/mol. The van der Waals surface area contributed by atoms with Gasteiger partial charge in [-0.25, -0.2) is 15.2 Å². The largest absolute Gasteiger partial charge is 0.377 e. The summed E-state index contributed by atoms with van der Waals surface area (Å²) in [7, 11) is 0. The number of halogens is 1. The van der Waals surface area contributed by atoms with Crippen LogP contribution in [0.2, 0.25) is 0 Å². The molecule has 3 N–H and O–H groups in total. The van der Waals surface area contributed by atoms with Gasteiger partial charge in [-0.05, 0) is 24.5 Å². The molecule has 0 amide bonds. The van der Waals surface area contributed by atoms with Crippen molar-refractivity contribution in [3.05, 3.63) is 71.5 Å². The molecule has 0 bridgehead atoms. The van der Waals surface area contributed by atoms with Gasteiger partial charge in [-0.15, -0.1) is 0 Å². The summed E-state index contributed by atoms with van der Waals surface area (Å²) in [5, 5.41) is 0. The molecule has 144 valence electrons. The molecule has 2 fully saturated rings. The van der Waals surface area contributed by atoms with E-state index in [4.69, 9.17) is 4.74 Å². The zero-order chi connectivity index (χ0) is 18.5. The van der Waals surface area contributed by atoms with Crippen LogP contribution >= 0.6 is 0 Å². The summed E-state index contributed by atoms with van der Waals surface area (Å²) in [6, 6.07) is 17.7. The lowest BCUT2D eigenvalue weighted by molar-refractivity contribution is 0.0663. The third kappa shape index (κ3) is 4.72. The van der Waals surface area contributed by atoms with Gasteiger partial charge < -0.3 is 4.74 Å².